The van der Waals surface area contributed by atoms with E-state index in [9.17, 15) is 13.2 Å². The summed E-state index contributed by atoms with van der Waals surface area (Å²) in [5.41, 5.74) is -0.462. The molecule has 0 radical (unpaired) electrons. The highest BCUT2D eigenvalue weighted by molar-refractivity contribution is 7.91. The highest BCUT2D eigenvalue weighted by atomic mass is 32.2. The second-order valence-electron chi connectivity index (χ2n) is 5.26. The van der Waals surface area contributed by atoms with Gasteiger partial charge in [0, 0.05) is 6.04 Å². The van der Waals surface area contributed by atoms with Gasteiger partial charge >= 0.3 is 0 Å². The summed E-state index contributed by atoms with van der Waals surface area (Å²) in [6.07, 6.45) is 2.96. The van der Waals surface area contributed by atoms with Gasteiger partial charge in [0.05, 0.1) is 17.0 Å². The first-order valence-corrected chi connectivity index (χ1v) is 8.00. The molecule has 0 aromatic carbocycles. The molecule has 0 aliphatic carbocycles. The van der Waals surface area contributed by atoms with Crippen LogP contribution in [0.4, 0.5) is 0 Å². The van der Waals surface area contributed by atoms with E-state index >= 15 is 0 Å². The molecule has 0 spiro atoms. The van der Waals surface area contributed by atoms with E-state index in [0.717, 1.165) is 19.4 Å². The minimum absolute atomic E-state index is 0.0132. The second kappa shape index (κ2) is 4.57. The predicted molar refractivity (Wildman–Crippen MR) is 65.5 cm³/mol. The van der Waals surface area contributed by atoms with Crippen molar-refractivity contribution in [2.45, 2.75) is 44.2 Å². The van der Waals surface area contributed by atoms with Crippen LogP contribution in [-0.2, 0) is 14.6 Å². The van der Waals surface area contributed by atoms with Crippen molar-refractivity contribution < 1.29 is 13.2 Å². The first-order chi connectivity index (χ1) is 7.91. The van der Waals surface area contributed by atoms with Crippen molar-refractivity contribution in [3.05, 3.63) is 0 Å². The van der Waals surface area contributed by atoms with E-state index in [2.05, 4.69) is 10.6 Å². The average molecular weight is 260 g/mol. The molecule has 98 valence electrons. The van der Waals surface area contributed by atoms with Gasteiger partial charge in [0.25, 0.3) is 0 Å². The van der Waals surface area contributed by atoms with Crippen LogP contribution in [0.1, 0.15) is 32.6 Å². The monoisotopic (exact) mass is 260 g/mol. The Hall–Kier alpha value is -0.620. The van der Waals surface area contributed by atoms with E-state index in [0.29, 0.717) is 12.8 Å². The second-order valence-corrected chi connectivity index (χ2v) is 7.57. The van der Waals surface area contributed by atoms with Crippen molar-refractivity contribution in [1.82, 2.24) is 10.6 Å². The summed E-state index contributed by atoms with van der Waals surface area (Å²) < 4.78 is 22.6. The fourth-order valence-corrected chi connectivity index (χ4v) is 3.96. The van der Waals surface area contributed by atoms with Crippen molar-refractivity contribution in [3.8, 4) is 0 Å². The van der Waals surface area contributed by atoms with Crippen molar-refractivity contribution in [1.29, 1.82) is 0 Å². The Morgan fingerprint density at radius 1 is 1.35 bits per heavy atom. The van der Waals surface area contributed by atoms with Gasteiger partial charge in [-0.3, -0.25) is 4.79 Å². The zero-order chi connectivity index (χ0) is 12.5. The van der Waals surface area contributed by atoms with Gasteiger partial charge in [-0.15, -0.1) is 0 Å². The minimum Gasteiger partial charge on any atom is -0.352 e. The van der Waals surface area contributed by atoms with Crippen molar-refractivity contribution in [2.75, 3.05) is 18.1 Å². The van der Waals surface area contributed by atoms with E-state index in [1.807, 2.05) is 6.92 Å². The van der Waals surface area contributed by atoms with E-state index in [-0.39, 0.29) is 23.5 Å². The summed E-state index contributed by atoms with van der Waals surface area (Å²) >= 11 is 0. The number of nitrogens with one attached hydrogen (secondary N) is 2. The molecule has 0 bridgehead atoms. The quantitative estimate of drug-likeness (QED) is 0.722. The molecule has 2 aliphatic heterocycles. The lowest BCUT2D eigenvalue weighted by Crippen LogP contribution is -2.54. The van der Waals surface area contributed by atoms with Crippen LogP contribution in [0.3, 0.4) is 0 Å². The van der Waals surface area contributed by atoms with Gasteiger partial charge in [0.2, 0.25) is 5.91 Å². The van der Waals surface area contributed by atoms with Crippen LogP contribution in [0, 0.1) is 0 Å². The summed E-state index contributed by atoms with van der Waals surface area (Å²) in [6.45, 7) is 2.79. The Morgan fingerprint density at radius 2 is 2.00 bits per heavy atom. The maximum Gasteiger partial charge on any atom is 0.240 e. The topological polar surface area (TPSA) is 75.3 Å². The Morgan fingerprint density at radius 3 is 2.53 bits per heavy atom. The first kappa shape index (κ1) is 12.8. The van der Waals surface area contributed by atoms with Crippen LogP contribution in [0.25, 0.3) is 0 Å². The maximum atomic E-state index is 12.1. The molecule has 2 rings (SSSR count). The van der Waals surface area contributed by atoms with Gasteiger partial charge in [-0.2, -0.15) is 0 Å². The number of carbonyl (C=O) groups excluding carboxylic acids is 1. The molecule has 1 unspecified atom stereocenters. The lowest BCUT2D eigenvalue weighted by molar-refractivity contribution is -0.127. The standard InChI is InChI=1S/C11H20N2O3S/c1-11(5-2-6-12-11)10(14)13-9-3-7-17(15,16)8-4-9/h9,12H,2-8H2,1H3,(H,13,14). The number of rotatable bonds is 2. The van der Waals surface area contributed by atoms with E-state index in [1.54, 1.807) is 0 Å². The third-order valence-electron chi connectivity index (χ3n) is 3.76. The molecule has 2 heterocycles. The Labute approximate surface area is 102 Å². The third-order valence-corrected chi connectivity index (χ3v) is 5.48. The van der Waals surface area contributed by atoms with E-state index in [4.69, 9.17) is 0 Å². The summed E-state index contributed by atoms with van der Waals surface area (Å²) in [5, 5.41) is 6.18. The van der Waals surface area contributed by atoms with Gasteiger partial charge < -0.3 is 10.6 Å². The van der Waals surface area contributed by atoms with Crippen LogP contribution in [0.2, 0.25) is 0 Å². The van der Waals surface area contributed by atoms with Gasteiger partial charge in [0.1, 0.15) is 9.84 Å². The minimum atomic E-state index is -2.85. The van der Waals surface area contributed by atoms with Crippen molar-refractivity contribution >= 4 is 15.7 Å². The summed E-state index contributed by atoms with van der Waals surface area (Å²) in [5.74, 6) is 0.406. The summed E-state index contributed by atoms with van der Waals surface area (Å²) in [4.78, 5) is 12.1. The molecule has 2 saturated heterocycles. The largest absolute Gasteiger partial charge is 0.352 e. The number of amides is 1. The highest BCUT2D eigenvalue weighted by Gasteiger charge is 2.37. The first-order valence-electron chi connectivity index (χ1n) is 6.18. The van der Waals surface area contributed by atoms with Crippen molar-refractivity contribution in [3.63, 3.8) is 0 Å². The van der Waals surface area contributed by atoms with Gasteiger partial charge in [-0.05, 0) is 39.2 Å². The molecule has 5 nitrogen and oxygen atoms in total. The molecule has 1 atom stereocenters. The Bertz CT molecular complexity index is 385. The van der Waals surface area contributed by atoms with Crippen LogP contribution in [0.15, 0.2) is 0 Å². The molecule has 17 heavy (non-hydrogen) atoms. The summed E-state index contributed by atoms with van der Waals surface area (Å²) in [6, 6.07) is 0.0187. The molecule has 2 fully saturated rings. The van der Waals surface area contributed by atoms with Crippen LogP contribution < -0.4 is 10.6 Å². The van der Waals surface area contributed by atoms with Crippen molar-refractivity contribution in [2.24, 2.45) is 0 Å². The van der Waals surface area contributed by atoms with Crippen LogP contribution >= 0.6 is 0 Å². The normalized spacial score (nSPS) is 33.5. The third kappa shape index (κ3) is 2.98. The number of carbonyl (C=O) groups is 1. The Kier molecular flexibility index (Phi) is 3.45. The average Bonchev–Trinajstić information content (AvgIpc) is 2.70. The molecule has 6 heteroatoms. The molecule has 1 amide bonds. The smallest absolute Gasteiger partial charge is 0.240 e. The lowest BCUT2D eigenvalue weighted by Gasteiger charge is -2.29. The molecular weight excluding hydrogens is 240 g/mol. The predicted octanol–water partition coefficient (Wildman–Crippen LogP) is -0.178. The highest BCUT2D eigenvalue weighted by Crippen LogP contribution is 2.20. The molecule has 2 N–H and O–H groups in total. The van der Waals surface area contributed by atoms with Gasteiger partial charge in [-0.1, -0.05) is 0 Å². The molecule has 0 aromatic rings. The maximum absolute atomic E-state index is 12.1. The number of hydrogen-bond acceptors (Lipinski definition) is 4. The van der Waals surface area contributed by atoms with E-state index < -0.39 is 15.4 Å². The molecule has 0 aromatic heterocycles. The van der Waals surface area contributed by atoms with Gasteiger partial charge in [-0.25, -0.2) is 8.42 Å². The molecule has 2 aliphatic rings. The SMILES string of the molecule is CC1(C(=O)NC2CCS(=O)(=O)CC2)CCCN1. The zero-order valence-electron chi connectivity index (χ0n) is 10.2. The van der Waals surface area contributed by atoms with Crippen LogP contribution in [-0.4, -0.2) is 44.0 Å². The van der Waals surface area contributed by atoms with Crippen LogP contribution in [0.5, 0.6) is 0 Å². The Balaban J connectivity index is 1.88. The van der Waals surface area contributed by atoms with Gasteiger partial charge in [0.15, 0.2) is 0 Å². The fraction of sp³-hybridized carbons (Fsp3) is 0.909. The fourth-order valence-electron chi connectivity index (χ4n) is 2.47. The number of hydrogen-bond donors (Lipinski definition) is 2. The molecular formula is C11H20N2O3S. The summed E-state index contributed by atoms with van der Waals surface area (Å²) in [7, 11) is -2.85. The number of sulfone groups is 1. The zero-order valence-corrected chi connectivity index (χ0v) is 11.0. The molecule has 0 saturated carbocycles. The lowest BCUT2D eigenvalue weighted by atomic mass is 9.98. The van der Waals surface area contributed by atoms with E-state index in [1.165, 1.54) is 0 Å².